The number of hydrogen-bond acceptors (Lipinski definition) is 6. The van der Waals surface area contributed by atoms with Crippen LogP contribution in [0.2, 0.25) is 0 Å². The summed E-state index contributed by atoms with van der Waals surface area (Å²) in [6.07, 6.45) is 3.94. The van der Waals surface area contributed by atoms with Crippen molar-refractivity contribution in [1.82, 2.24) is 9.80 Å². The van der Waals surface area contributed by atoms with Gasteiger partial charge in [0.25, 0.3) is 0 Å². The summed E-state index contributed by atoms with van der Waals surface area (Å²) in [5, 5.41) is 10.6. The molecule has 212 valence electrons. The van der Waals surface area contributed by atoms with E-state index in [1.54, 1.807) is 11.0 Å². The first-order chi connectivity index (χ1) is 18.4. The van der Waals surface area contributed by atoms with Crippen molar-refractivity contribution in [2.75, 3.05) is 19.8 Å². The van der Waals surface area contributed by atoms with Gasteiger partial charge in [0.05, 0.1) is 24.2 Å². The number of amides is 2. The summed E-state index contributed by atoms with van der Waals surface area (Å²) in [5.74, 6) is -3.05. The summed E-state index contributed by atoms with van der Waals surface area (Å²) in [6.45, 7) is 17.1. The Balaban J connectivity index is 1.86. The molecule has 2 amide bonds. The van der Waals surface area contributed by atoms with Gasteiger partial charge >= 0.3 is 5.97 Å². The van der Waals surface area contributed by atoms with Gasteiger partial charge in [-0.05, 0) is 52.0 Å². The number of likely N-dealkylation sites (tertiary alicyclic amines) is 1. The van der Waals surface area contributed by atoms with Gasteiger partial charge in [0.2, 0.25) is 11.8 Å². The van der Waals surface area contributed by atoms with Gasteiger partial charge in [-0.15, -0.1) is 6.58 Å². The molecule has 0 aromatic heterocycles. The maximum absolute atomic E-state index is 14.6. The number of nitrogens with zero attached hydrogens (tertiary/aromatic N) is 2. The topological polar surface area (TPSA) is 96.4 Å². The van der Waals surface area contributed by atoms with E-state index in [4.69, 9.17) is 9.47 Å². The largest absolute Gasteiger partial charge is 0.461 e. The fourth-order valence-corrected chi connectivity index (χ4v) is 7.05. The zero-order valence-corrected chi connectivity index (χ0v) is 23.8. The molecule has 0 aliphatic carbocycles. The number of carbonyl (C=O) groups is 3. The average molecular weight is 539 g/mol. The number of fused-ring (bicyclic) bond motifs is 1. The van der Waals surface area contributed by atoms with E-state index < -0.39 is 46.6 Å². The Kier molecular flexibility index (Phi) is 7.85. The fraction of sp³-hybridized carbons (Fsp3) is 0.581. The lowest BCUT2D eigenvalue weighted by atomic mass is 9.62. The van der Waals surface area contributed by atoms with E-state index in [2.05, 4.69) is 13.2 Å². The molecule has 7 atom stereocenters. The van der Waals surface area contributed by atoms with Gasteiger partial charge < -0.3 is 24.4 Å². The molecule has 3 unspecified atom stereocenters. The number of carbonyl (C=O) groups excluding carboxylic acids is 3. The van der Waals surface area contributed by atoms with Crippen LogP contribution in [0.15, 0.2) is 55.6 Å². The number of benzene rings is 1. The van der Waals surface area contributed by atoms with Crippen molar-refractivity contribution in [2.45, 2.75) is 76.3 Å². The highest BCUT2D eigenvalue weighted by Crippen LogP contribution is 2.65. The second-order valence-electron chi connectivity index (χ2n) is 12.3. The van der Waals surface area contributed by atoms with Crippen molar-refractivity contribution in [1.29, 1.82) is 0 Å². The minimum atomic E-state index is -1.23. The van der Waals surface area contributed by atoms with E-state index in [1.165, 1.54) is 11.0 Å². The fourth-order valence-electron chi connectivity index (χ4n) is 7.05. The quantitative estimate of drug-likeness (QED) is 0.363. The molecule has 3 heterocycles. The second-order valence-corrected chi connectivity index (χ2v) is 12.3. The third kappa shape index (κ3) is 4.61. The number of ether oxygens (including phenoxy) is 2. The Morgan fingerprint density at radius 1 is 1.26 bits per heavy atom. The zero-order valence-electron chi connectivity index (χ0n) is 23.8. The van der Waals surface area contributed by atoms with E-state index >= 15 is 0 Å². The average Bonchev–Trinajstić information content (AvgIpc) is 3.40. The standard InChI is InChI=1S/C31H42N2O6/c1-8-15-32(29(4,5)6)27(36)25-31-18-20(3)30(7,39-31)24(28(37)38-16-9-2)23(31)26(35)33(25)22(19-34)17-21-13-11-10-12-14-21/h8-14,20,22-25,34H,1-2,15-19H2,3-7H3/t20?,22-,23+,24-,25?,30+,31?/m1/s1. The molecule has 3 saturated heterocycles. The Morgan fingerprint density at radius 3 is 2.49 bits per heavy atom. The Bertz CT molecular complexity index is 1130. The van der Waals surface area contributed by atoms with Crippen molar-refractivity contribution in [3.05, 3.63) is 61.2 Å². The van der Waals surface area contributed by atoms with E-state index in [0.29, 0.717) is 12.8 Å². The number of aliphatic hydroxyl groups excluding tert-OH is 1. The molecular formula is C31H42N2O6. The van der Waals surface area contributed by atoms with E-state index in [1.807, 2.05) is 65.0 Å². The summed E-state index contributed by atoms with van der Waals surface area (Å²) in [6, 6.07) is 7.86. The SMILES string of the molecule is C=CCOC(=O)[C@H]1[C@H]2C(=O)N([C@@H](CO)Cc3ccccc3)C(C(=O)N(CC=C)C(C)(C)C)C23CC(C)[C@]1(C)O3. The van der Waals surface area contributed by atoms with Crippen molar-refractivity contribution >= 4 is 17.8 Å². The Labute approximate surface area is 231 Å². The van der Waals surface area contributed by atoms with Gasteiger partial charge in [-0.25, -0.2) is 0 Å². The van der Waals surface area contributed by atoms with Crippen molar-refractivity contribution in [3.63, 3.8) is 0 Å². The third-order valence-corrected chi connectivity index (χ3v) is 8.89. The maximum Gasteiger partial charge on any atom is 0.313 e. The summed E-state index contributed by atoms with van der Waals surface area (Å²) in [7, 11) is 0. The lowest BCUT2D eigenvalue weighted by Crippen LogP contribution is -2.62. The van der Waals surface area contributed by atoms with Crippen LogP contribution in [-0.2, 0) is 30.3 Å². The minimum absolute atomic E-state index is 0.0180. The van der Waals surface area contributed by atoms with E-state index in [9.17, 15) is 19.5 Å². The first-order valence-corrected chi connectivity index (χ1v) is 13.7. The molecule has 1 aromatic carbocycles. The molecular weight excluding hydrogens is 496 g/mol. The molecule has 3 fully saturated rings. The van der Waals surface area contributed by atoms with Crippen LogP contribution in [-0.4, -0.2) is 81.3 Å². The van der Waals surface area contributed by atoms with Crippen LogP contribution in [0, 0.1) is 17.8 Å². The molecule has 1 spiro atoms. The molecule has 3 aliphatic rings. The molecule has 0 saturated carbocycles. The normalized spacial score (nSPS) is 32.1. The molecule has 4 rings (SSSR count). The van der Waals surface area contributed by atoms with Gasteiger partial charge in [0.15, 0.2) is 0 Å². The van der Waals surface area contributed by atoms with Crippen LogP contribution in [0.3, 0.4) is 0 Å². The van der Waals surface area contributed by atoms with Gasteiger partial charge in [-0.3, -0.25) is 14.4 Å². The highest BCUT2D eigenvalue weighted by molar-refractivity contribution is 5.99. The van der Waals surface area contributed by atoms with E-state index in [-0.39, 0.29) is 37.5 Å². The second kappa shape index (κ2) is 10.5. The monoisotopic (exact) mass is 538 g/mol. The molecule has 39 heavy (non-hydrogen) atoms. The summed E-state index contributed by atoms with van der Waals surface area (Å²) in [4.78, 5) is 45.7. The smallest absolute Gasteiger partial charge is 0.313 e. The van der Waals surface area contributed by atoms with Crippen LogP contribution in [0.5, 0.6) is 0 Å². The van der Waals surface area contributed by atoms with Gasteiger partial charge in [0.1, 0.15) is 24.2 Å². The van der Waals surface area contributed by atoms with Crippen LogP contribution in [0.4, 0.5) is 0 Å². The van der Waals surface area contributed by atoms with E-state index in [0.717, 1.165) is 5.56 Å². The van der Waals surface area contributed by atoms with Crippen molar-refractivity contribution in [2.24, 2.45) is 17.8 Å². The highest BCUT2D eigenvalue weighted by Gasteiger charge is 2.81. The molecule has 3 aliphatic heterocycles. The molecule has 0 radical (unpaired) electrons. The van der Waals surface area contributed by atoms with Crippen LogP contribution >= 0.6 is 0 Å². The van der Waals surface area contributed by atoms with Crippen LogP contribution in [0.25, 0.3) is 0 Å². The minimum Gasteiger partial charge on any atom is -0.461 e. The molecule has 1 aromatic rings. The predicted octanol–water partition coefficient (Wildman–Crippen LogP) is 3.14. The first kappa shape index (κ1) is 29.0. The summed E-state index contributed by atoms with van der Waals surface area (Å²) >= 11 is 0. The van der Waals surface area contributed by atoms with Crippen molar-refractivity contribution < 1.29 is 29.0 Å². The molecule has 1 N–H and O–H groups in total. The lowest BCUT2D eigenvalue weighted by Gasteiger charge is -2.43. The van der Waals surface area contributed by atoms with Crippen molar-refractivity contribution in [3.8, 4) is 0 Å². The van der Waals surface area contributed by atoms with Crippen LogP contribution in [0.1, 0.15) is 46.6 Å². The molecule has 8 heteroatoms. The highest BCUT2D eigenvalue weighted by atomic mass is 16.6. The molecule has 8 nitrogen and oxygen atoms in total. The number of aliphatic hydroxyl groups is 1. The third-order valence-electron chi connectivity index (χ3n) is 8.89. The van der Waals surface area contributed by atoms with Gasteiger partial charge in [-0.2, -0.15) is 0 Å². The number of esters is 1. The summed E-state index contributed by atoms with van der Waals surface area (Å²) in [5.41, 5.74) is -1.84. The van der Waals surface area contributed by atoms with Gasteiger partial charge in [0, 0.05) is 12.1 Å². The Morgan fingerprint density at radius 2 is 1.92 bits per heavy atom. The van der Waals surface area contributed by atoms with Gasteiger partial charge in [-0.1, -0.05) is 56.0 Å². The van der Waals surface area contributed by atoms with Crippen LogP contribution < -0.4 is 0 Å². The number of hydrogen-bond donors (Lipinski definition) is 1. The predicted molar refractivity (Wildman–Crippen MR) is 147 cm³/mol. The lowest BCUT2D eigenvalue weighted by molar-refractivity contribution is -0.164. The first-order valence-electron chi connectivity index (χ1n) is 13.7. The maximum atomic E-state index is 14.6. The summed E-state index contributed by atoms with van der Waals surface area (Å²) < 4.78 is 12.3. The molecule has 2 bridgehead atoms. The Hall–Kier alpha value is -2.97. The number of rotatable bonds is 10. The zero-order chi connectivity index (χ0) is 28.8.